The van der Waals surface area contributed by atoms with Gasteiger partial charge in [0.1, 0.15) is 0 Å². The van der Waals surface area contributed by atoms with Crippen molar-refractivity contribution in [1.82, 2.24) is 10.3 Å². The molecule has 2 rings (SSSR count). The Morgan fingerprint density at radius 1 is 1.14 bits per heavy atom. The third-order valence-corrected chi connectivity index (χ3v) is 2.47. The summed E-state index contributed by atoms with van der Waals surface area (Å²) < 4.78 is 46.3. The molecular formula is C14H13F3N2O2. The second kappa shape index (κ2) is 6.45. The molecule has 1 N–H and O–H groups in total. The van der Waals surface area contributed by atoms with Crippen LogP contribution >= 0.6 is 0 Å². The fourth-order valence-corrected chi connectivity index (χ4v) is 1.68. The summed E-state index contributed by atoms with van der Waals surface area (Å²) in [5.74, 6) is -0.268. The number of pyridine rings is 1. The van der Waals surface area contributed by atoms with Gasteiger partial charge < -0.3 is 14.8 Å². The van der Waals surface area contributed by atoms with Gasteiger partial charge in [-0.15, -0.1) is 13.2 Å². The molecule has 0 unspecified atom stereocenters. The zero-order chi connectivity index (χ0) is 15.3. The Bertz CT molecular complexity index is 603. The Labute approximate surface area is 119 Å². The van der Waals surface area contributed by atoms with Crippen LogP contribution in [0.25, 0.3) is 0 Å². The summed E-state index contributed by atoms with van der Waals surface area (Å²) in [5.41, 5.74) is 0.900. The van der Waals surface area contributed by atoms with Crippen LogP contribution in [0.5, 0.6) is 17.4 Å². The van der Waals surface area contributed by atoms with E-state index in [1.165, 1.54) is 24.4 Å². The Morgan fingerprint density at radius 2 is 1.86 bits per heavy atom. The summed E-state index contributed by atoms with van der Waals surface area (Å²) in [4.78, 5) is 3.97. The molecule has 4 nitrogen and oxygen atoms in total. The van der Waals surface area contributed by atoms with Gasteiger partial charge in [0.15, 0.2) is 11.5 Å². The summed E-state index contributed by atoms with van der Waals surface area (Å²) in [7, 11) is 1.79. The summed E-state index contributed by atoms with van der Waals surface area (Å²) in [6, 6.07) is 8.96. The number of hydrogen-bond donors (Lipinski definition) is 1. The third-order valence-electron chi connectivity index (χ3n) is 2.47. The van der Waals surface area contributed by atoms with Crippen LogP contribution in [0.4, 0.5) is 13.2 Å². The number of nitrogens with zero attached hydrogens (tertiary/aromatic N) is 1. The van der Waals surface area contributed by atoms with E-state index >= 15 is 0 Å². The lowest BCUT2D eigenvalue weighted by molar-refractivity contribution is -0.275. The molecule has 0 fully saturated rings. The normalized spacial score (nSPS) is 11.2. The zero-order valence-corrected chi connectivity index (χ0v) is 11.1. The van der Waals surface area contributed by atoms with Crippen molar-refractivity contribution in [2.45, 2.75) is 12.9 Å². The predicted molar refractivity (Wildman–Crippen MR) is 70.2 cm³/mol. The van der Waals surface area contributed by atoms with Gasteiger partial charge in [-0.25, -0.2) is 4.98 Å². The Balaban J connectivity index is 2.21. The smallest absolute Gasteiger partial charge is 0.435 e. The van der Waals surface area contributed by atoms with E-state index in [4.69, 9.17) is 4.74 Å². The van der Waals surface area contributed by atoms with Gasteiger partial charge in [-0.3, -0.25) is 0 Å². The SMILES string of the molecule is CNCc1ccnc(Oc2ccccc2OC(F)(F)F)c1. The minimum atomic E-state index is -4.78. The number of alkyl halides is 3. The molecule has 112 valence electrons. The fourth-order valence-electron chi connectivity index (χ4n) is 1.68. The minimum Gasteiger partial charge on any atom is -0.435 e. The number of benzene rings is 1. The molecule has 1 heterocycles. The van der Waals surface area contributed by atoms with Crippen molar-refractivity contribution >= 4 is 0 Å². The first-order valence-electron chi connectivity index (χ1n) is 6.10. The molecule has 7 heteroatoms. The molecule has 0 aliphatic heterocycles. The van der Waals surface area contributed by atoms with Crippen LogP contribution < -0.4 is 14.8 Å². The first kappa shape index (κ1) is 15.1. The molecule has 0 saturated carbocycles. The van der Waals surface area contributed by atoms with Gasteiger partial charge in [-0.2, -0.15) is 0 Å². The monoisotopic (exact) mass is 298 g/mol. The maximum atomic E-state index is 12.3. The average Bonchev–Trinajstić information content (AvgIpc) is 2.40. The van der Waals surface area contributed by atoms with Crippen LogP contribution in [0.2, 0.25) is 0 Å². The van der Waals surface area contributed by atoms with Crippen molar-refractivity contribution < 1.29 is 22.6 Å². The lowest BCUT2D eigenvalue weighted by Gasteiger charge is -2.13. The molecule has 21 heavy (non-hydrogen) atoms. The maximum Gasteiger partial charge on any atom is 0.573 e. The fraction of sp³-hybridized carbons (Fsp3) is 0.214. The van der Waals surface area contributed by atoms with Crippen LogP contribution in [-0.2, 0) is 6.54 Å². The highest BCUT2D eigenvalue weighted by atomic mass is 19.4. The lowest BCUT2D eigenvalue weighted by atomic mass is 10.2. The molecule has 0 radical (unpaired) electrons. The Kier molecular flexibility index (Phi) is 4.64. The molecule has 0 amide bonds. The highest BCUT2D eigenvalue weighted by Gasteiger charge is 2.32. The van der Waals surface area contributed by atoms with Crippen LogP contribution in [0.15, 0.2) is 42.6 Å². The van der Waals surface area contributed by atoms with Gasteiger partial charge in [-0.05, 0) is 30.8 Å². The van der Waals surface area contributed by atoms with E-state index < -0.39 is 12.1 Å². The van der Waals surface area contributed by atoms with Crippen molar-refractivity contribution in [1.29, 1.82) is 0 Å². The van der Waals surface area contributed by atoms with Crippen molar-refractivity contribution in [2.75, 3.05) is 7.05 Å². The van der Waals surface area contributed by atoms with Crippen molar-refractivity contribution in [2.24, 2.45) is 0 Å². The van der Waals surface area contributed by atoms with Gasteiger partial charge in [-0.1, -0.05) is 12.1 Å². The minimum absolute atomic E-state index is 0.0519. The largest absolute Gasteiger partial charge is 0.573 e. The summed E-state index contributed by atoms with van der Waals surface area (Å²) in [6.45, 7) is 0.597. The number of hydrogen-bond acceptors (Lipinski definition) is 4. The van der Waals surface area contributed by atoms with Crippen molar-refractivity contribution in [3.8, 4) is 17.4 Å². The van der Waals surface area contributed by atoms with E-state index in [0.29, 0.717) is 6.54 Å². The van der Waals surface area contributed by atoms with Crippen LogP contribution in [0.1, 0.15) is 5.56 Å². The van der Waals surface area contributed by atoms with E-state index in [9.17, 15) is 13.2 Å². The molecule has 0 saturated heterocycles. The topological polar surface area (TPSA) is 43.4 Å². The maximum absolute atomic E-state index is 12.3. The van der Waals surface area contributed by atoms with E-state index in [1.807, 2.05) is 0 Å². The second-order valence-corrected chi connectivity index (χ2v) is 4.13. The Morgan fingerprint density at radius 3 is 2.52 bits per heavy atom. The van der Waals surface area contributed by atoms with Crippen molar-refractivity contribution in [3.05, 3.63) is 48.2 Å². The molecular weight excluding hydrogens is 285 g/mol. The molecule has 1 aromatic carbocycles. The summed E-state index contributed by atoms with van der Waals surface area (Å²) >= 11 is 0. The number of para-hydroxylation sites is 2. The van der Waals surface area contributed by atoms with Gasteiger partial charge in [0, 0.05) is 18.8 Å². The van der Waals surface area contributed by atoms with E-state index in [0.717, 1.165) is 5.56 Å². The standard InChI is InChI=1S/C14H13F3N2O2/c1-18-9-10-6-7-19-13(8-10)20-11-4-2-3-5-12(11)21-14(15,16)17/h2-8,18H,9H2,1H3. The quantitative estimate of drug-likeness (QED) is 0.917. The van der Waals surface area contributed by atoms with Gasteiger partial charge in [0.05, 0.1) is 0 Å². The first-order valence-corrected chi connectivity index (χ1v) is 6.10. The van der Waals surface area contributed by atoms with Crippen molar-refractivity contribution in [3.63, 3.8) is 0 Å². The van der Waals surface area contributed by atoms with Crippen LogP contribution in [-0.4, -0.2) is 18.4 Å². The van der Waals surface area contributed by atoms with E-state index in [-0.39, 0.29) is 11.6 Å². The number of ether oxygens (including phenoxy) is 2. The number of rotatable bonds is 5. The Hall–Kier alpha value is -2.28. The third kappa shape index (κ3) is 4.64. The first-order chi connectivity index (χ1) is 9.98. The van der Waals surface area contributed by atoms with Gasteiger partial charge in [0.2, 0.25) is 5.88 Å². The highest BCUT2D eigenvalue weighted by Crippen LogP contribution is 2.34. The van der Waals surface area contributed by atoms with Crippen LogP contribution in [0.3, 0.4) is 0 Å². The predicted octanol–water partition coefficient (Wildman–Crippen LogP) is 3.49. The van der Waals surface area contributed by atoms with E-state index in [1.54, 1.807) is 25.2 Å². The molecule has 2 aromatic rings. The number of aromatic nitrogens is 1. The lowest BCUT2D eigenvalue weighted by Crippen LogP contribution is -2.17. The summed E-state index contributed by atoms with van der Waals surface area (Å²) in [6.07, 6.45) is -3.25. The average molecular weight is 298 g/mol. The number of nitrogens with one attached hydrogen (secondary N) is 1. The molecule has 0 spiro atoms. The van der Waals surface area contributed by atoms with Gasteiger partial charge in [0.25, 0.3) is 0 Å². The number of halogens is 3. The van der Waals surface area contributed by atoms with Gasteiger partial charge >= 0.3 is 6.36 Å². The molecule has 0 aliphatic rings. The second-order valence-electron chi connectivity index (χ2n) is 4.13. The molecule has 0 atom stereocenters. The highest BCUT2D eigenvalue weighted by molar-refractivity contribution is 5.42. The molecule has 0 aliphatic carbocycles. The molecule has 1 aromatic heterocycles. The zero-order valence-electron chi connectivity index (χ0n) is 11.1. The van der Waals surface area contributed by atoms with Crippen LogP contribution in [0, 0.1) is 0 Å². The summed E-state index contributed by atoms with van der Waals surface area (Å²) in [5, 5.41) is 2.96. The van der Waals surface area contributed by atoms with E-state index in [2.05, 4.69) is 15.0 Å². The molecule has 0 bridgehead atoms.